The summed E-state index contributed by atoms with van der Waals surface area (Å²) >= 11 is 0. The molecule has 0 aromatic carbocycles. The third kappa shape index (κ3) is 4.52. The summed E-state index contributed by atoms with van der Waals surface area (Å²) in [6, 6.07) is 0.644. The van der Waals surface area contributed by atoms with Gasteiger partial charge in [-0.25, -0.2) is 0 Å². The van der Waals surface area contributed by atoms with Gasteiger partial charge in [0.25, 0.3) is 0 Å². The Morgan fingerprint density at radius 3 is 2.61 bits per heavy atom. The second-order valence-corrected chi connectivity index (χ2v) is 6.74. The van der Waals surface area contributed by atoms with Gasteiger partial charge in [0, 0.05) is 19.1 Å². The molecule has 0 aliphatic heterocycles. The lowest BCUT2D eigenvalue weighted by molar-refractivity contribution is 0.0599. The number of nitrogens with zero attached hydrogens (tertiary/aromatic N) is 1. The van der Waals surface area contributed by atoms with E-state index in [1.54, 1.807) is 0 Å². The first-order valence-electron chi connectivity index (χ1n) is 7.34. The third-order valence-electron chi connectivity index (χ3n) is 4.25. The van der Waals surface area contributed by atoms with Gasteiger partial charge in [-0.2, -0.15) is 0 Å². The Hall–Kier alpha value is -0.120. The first-order chi connectivity index (χ1) is 8.36. The molecule has 1 aliphatic rings. The highest BCUT2D eigenvalue weighted by Crippen LogP contribution is 2.41. The maximum atomic E-state index is 5.61. The molecule has 1 fully saturated rings. The van der Waals surface area contributed by atoms with Gasteiger partial charge in [-0.15, -0.1) is 0 Å². The van der Waals surface area contributed by atoms with Crippen LogP contribution in [0.2, 0.25) is 0 Å². The van der Waals surface area contributed by atoms with Crippen LogP contribution in [0.4, 0.5) is 0 Å². The number of ether oxygens (including phenoxy) is 1. The molecule has 2 unspecified atom stereocenters. The molecule has 1 aliphatic carbocycles. The van der Waals surface area contributed by atoms with Crippen LogP contribution >= 0.6 is 0 Å². The first kappa shape index (κ1) is 15.9. The molecule has 1 N–H and O–H groups in total. The molecule has 1 rings (SSSR count). The first-order valence-corrected chi connectivity index (χ1v) is 7.34. The standard InChI is InChI=1S/C15H32N2O/c1-12(2)18-10-9-17(6)11-13-7-8-15(3,4)14(13)16-5/h12-14,16H,7-11H2,1-6H3. The lowest BCUT2D eigenvalue weighted by Crippen LogP contribution is -2.44. The molecule has 1 saturated carbocycles. The van der Waals surface area contributed by atoms with Crippen LogP contribution in [-0.4, -0.2) is 50.8 Å². The van der Waals surface area contributed by atoms with E-state index in [4.69, 9.17) is 4.74 Å². The Morgan fingerprint density at radius 1 is 1.39 bits per heavy atom. The summed E-state index contributed by atoms with van der Waals surface area (Å²) in [6.07, 6.45) is 3.02. The normalized spacial score (nSPS) is 27.3. The molecule has 108 valence electrons. The second-order valence-electron chi connectivity index (χ2n) is 6.74. The highest BCUT2D eigenvalue weighted by Gasteiger charge is 2.40. The Bertz CT molecular complexity index is 241. The minimum atomic E-state index is 0.342. The van der Waals surface area contributed by atoms with Crippen molar-refractivity contribution in [2.45, 2.75) is 52.7 Å². The fraction of sp³-hybridized carbons (Fsp3) is 1.00. The van der Waals surface area contributed by atoms with Crippen LogP contribution in [0.1, 0.15) is 40.5 Å². The maximum Gasteiger partial charge on any atom is 0.0596 e. The van der Waals surface area contributed by atoms with Crippen molar-refractivity contribution in [3.8, 4) is 0 Å². The Kier molecular flexibility index (Phi) is 6.09. The van der Waals surface area contributed by atoms with E-state index in [1.165, 1.54) is 19.4 Å². The third-order valence-corrected chi connectivity index (χ3v) is 4.25. The smallest absolute Gasteiger partial charge is 0.0596 e. The molecule has 2 atom stereocenters. The average Bonchev–Trinajstić information content (AvgIpc) is 2.52. The predicted octanol–water partition coefficient (Wildman–Crippen LogP) is 2.37. The molecule has 0 aromatic rings. The quantitative estimate of drug-likeness (QED) is 0.757. The highest BCUT2D eigenvalue weighted by atomic mass is 16.5. The van der Waals surface area contributed by atoms with Gasteiger partial charge < -0.3 is 15.0 Å². The summed E-state index contributed by atoms with van der Waals surface area (Å²) < 4.78 is 5.61. The molecular weight excluding hydrogens is 224 g/mol. The molecule has 0 spiro atoms. The summed E-state index contributed by atoms with van der Waals surface area (Å²) in [6.45, 7) is 12.0. The summed E-state index contributed by atoms with van der Waals surface area (Å²) in [4.78, 5) is 2.42. The molecule has 0 aromatic heterocycles. The summed E-state index contributed by atoms with van der Waals surface area (Å²) in [5.41, 5.74) is 0.439. The lowest BCUT2D eigenvalue weighted by Gasteiger charge is -2.32. The van der Waals surface area contributed by atoms with E-state index in [-0.39, 0.29) is 0 Å². The van der Waals surface area contributed by atoms with E-state index in [0.717, 1.165) is 19.1 Å². The van der Waals surface area contributed by atoms with Crippen molar-refractivity contribution < 1.29 is 4.74 Å². The minimum absolute atomic E-state index is 0.342. The van der Waals surface area contributed by atoms with Crippen molar-refractivity contribution in [1.82, 2.24) is 10.2 Å². The largest absolute Gasteiger partial charge is 0.377 e. The molecule has 3 nitrogen and oxygen atoms in total. The van der Waals surface area contributed by atoms with Crippen molar-refractivity contribution in [3.05, 3.63) is 0 Å². The number of nitrogens with one attached hydrogen (secondary N) is 1. The summed E-state index contributed by atoms with van der Waals surface area (Å²) in [5, 5.41) is 3.53. The highest BCUT2D eigenvalue weighted by molar-refractivity contribution is 4.96. The van der Waals surface area contributed by atoms with Gasteiger partial charge in [0.1, 0.15) is 0 Å². The topological polar surface area (TPSA) is 24.5 Å². The molecule has 0 amide bonds. The average molecular weight is 256 g/mol. The summed E-state index contributed by atoms with van der Waals surface area (Å²) in [5.74, 6) is 0.772. The van der Waals surface area contributed by atoms with Gasteiger partial charge in [-0.1, -0.05) is 13.8 Å². The number of rotatable bonds is 7. The van der Waals surface area contributed by atoms with Crippen LogP contribution in [0.3, 0.4) is 0 Å². The zero-order valence-electron chi connectivity index (χ0n) is 13.1. The zero-order valence-corrected chi connectivity index (χ0v) is 13.1. The second kappa shape index (κ2) is 6.88. The molecule has 0 radical (unpaired) electrons. The Labute approximate surface area is 113 Å². The monoisotopic (exact) mass is 256 g/mol. The SMILES string of the molecule is CNC1C(CN(C)CCOC(C)C)CCC1(C)C. The zero-order chi connectivity index (χ0) is 13.8. The maximum absolute atomic E-state index is 5.61. The van der Waals surface area contributed by atoms with Crippen molar-refractivity contribution in [3.63, 3.8) is 0 Å². The van der Waals surface area contributed by atoms with Crippen LogP contribution < -0.4 is 5.32 Å². The molecule has 0 heterocycles. The summed E-state index contributed by atoms with van der Waals surface area (Å²) in [7, 11) is 4.31. The van der Waals surface area contributed by atoms with Gasteiger partial charge in [-0.05, 0) is 52.1 Å². The molecule has 3 heteroatoms. The van der Waals surface area contributed by atoms with Crippen molar-refractivity contribution in [2.24, 2.45) is 11.3 Å². The molecule has 18 heavy (non-hydrogen) atoms. The van der Waals surface area contributed by atoms with Gasteiger partial charge in [0.15, 0.2) is 0 Å². The number of likely N-dealkylation sites (N-methyl/N-ethyl adjacent to an activating group) is 1. The van der Waals surface area contributed by atoms with Crippen molar-refractivity contribution >= 4 is 0 Å². The fourth-order valence-electron chi connectivity index (χ4n) is 3.28. The Morgan fingerprint density at radius 2 is 2.06 bits per heavy atom. The predicted molar refractivity (Wildman–Crippen MR) is 77.9 cm³/mol. The van der Waals surface area contributed by atoms with Crippen LogP contribution in [0.25, 0.3) is 0 Å². The minimum Gasteiger partial charge on any atom is -0.377 e. The van der Waals surface area contributed by atoms with E-state index < -0.39 is 0 Å². The van der Waals surface area contributed by atoms with Gasteiger partial charge >= 0.3 is 0 Å². The van der Waals surface area contributed by atoms with E-state index >= 15 is 0 Å². The van der Waals surface area contributed by atoms with Crippen LogP contribution in [0, 0.1) is 11.3 Å². The van der Waals surface area contributed by atoms with Crippen LogP contribution in [0.15, 0.2) is 0 Å². The number of hydrogen-bond acceptors (Lipinski definition) is 3. The Balaban J connectivity index is 2.33. The molecule has 0 saturated heterocycles. The van der Waals surface area contributed by atoms with Gasteiger partial charge in [-0.3, -0.25) is 0 Å². The molecular formula is C15H32N2O. The van der Waals surface area contributed by atoms with Gasteiger partial charge in [0.2, 0.25) is 0 Å². The van der Waals surface area contributed by atoms with E-state index in [1.807, 2.05) is 0 Å². The number of hydrogen-bond donors (Lipinski definition) is 1. The van der Waals surface area contributed by atoms with Crippen molar-refractivity contribution in [2.75, 3.05) is 33.8 Å². The van der Waals surface area contributed by atoms with E-state index in [2.05, 4.69) is 52.0 Å². The van der Waals surface area contributed by atoms with Gasteiger partial charge in [0.05, 0.1) is 12.7 Å². The fourth-order valence-corrected chi connectivity index (χ4v) is 3.28. The van der Waals surface area contributed by atoms with Crippen LogP contribution in [-0.2, 0) is 4.74 Å². The van der Waals surface area contributed by atoms with E-state index in [9.17, 15) is 0 Å². The lowest BCUT2D eigenvalue weighted by atomic mass is 9.85. The van der Waals surface area contributed by atoms with Crippen LogP contribution in [0.5, 0.6) is 0 Å². The van der Waals surface area contributed by atoms with E-state index in [0.29, 0.717) is 17.6 Å². The molecule has 0 bridgehead atoms. The van der Waals surface area contributed by atoms with Crippen molar-refractivity contribution in [1.29, 1.82) is 0 Å².